The van der Waals surface area contributed by atoms with E-state index in [-0.39, 0.29) is 0 Å². The minimum absolute atomic E-state index is 0.586. The number of piperazine rings is 1. The molecule has 106 valence electrons. The van der Waals surface area contributed by atoms with Gasteiger partial charge >= 0.3 is 0 Å². The van der Waals surface area contributed by atoms with Crippen LogP contribution < -0.4 is 5.32 Å². The Balaban J connectivity index is 1.93. The number of nitrogens with one attached hydrogen (secondary N) is 1. The van der Waals surface area contributed by atoms with Gasteiger partial charge in [-0.1, -0.05) is 30.3 Å². The van der Waals surface area contributed by atoms with Crippen LogP contribution in [0.2, 0.25) is 0 Å². The van der Waals surface area contributed by atoms with Crippen LogP contribution in [0.5, 0.6) is 0 Å². The van der Waals surface area contributed by atoms with Gasteiger partial charge in [0.1, 0.15) is 0 Å². The second-order valence-corrected chi connectivity index (χ2v) is 6.56. The van der Waals surface area contributed by atoms with E-state index in [0.29, 0.717) is 18.1 Å². The van der Waals surface area contributed by atoms with Crippen molar-refractivity contribution < 1.29 is 0 Å². The van der Waals surface area contributed by atoms with E-state index in [2.05, 4.69) is 60.7 Å². The summed E-state index contributed by atoms with van der Waals surface area (Å²) in [4.78, 5) is 2.67. The van der Waals surface area contributed by atoms with Crippen molar-refractivity contribution in [3.8, 4) is 0 Å². The predicted octanol–water partition coefficient (Wildman–Crippen LogP) is 2.64. The van der Waals surface area contributed by atoms with Gasteiger partial charge in [-0.15, -0.1) is 0 Å². The van der Waals surface area contributed by atoms with Crippen LogP contribution in [0.4, 0.5) is 0 Å². The Bertz CT molecular complexity index is 368. The molecule has 1 aliphatic rings. The maximum absolute atomic E-state index is 3.70. The molecular formula is C16H26N2S. The lowest BCUT2D eigenvalue weighted by molar-refractivity contribution is 0.109. The van der Waals surface area contributed by atoms with Gasteiger partial charge in [0, 0.05) is 37.0 Å². The van der Waals surface area contributed by atoms with Crippen molar-refractivity contribution in [2.45, 2.75) is 38.4 Å². The fourth-order valence-electron chi connectivity index (χ4n) is 2.94. The number of rotatable bonds is 5. The maximum Gasteiger partial charge on any atom is 0.0236 e. The zero-order valence-electron chi connectivity index (χ0n) is 12.3. The van der Waals surface area contributed by atoms with Gasteiger partial charge in [-0.2, -0.15) is 11.8 Å². The van der Waals surface area contributed by atoms with Gasteiger partial charge in [0.15, 0.2) is 0 Å². The largest absolute Gasteiger partial charge is 0.311 e. The molecule has 1 aliphatic heterocycles. The summed E-state index contributed by atoms with van der Waals surface area (Å²) in [6.45, 7) is 6.97. The van der Waals surface area contributed by atoms with Crippen LogP contribution in [0, 0.1) is 0 Å². The SMILES string of the molecule is CSCC(C)N1CC(Cc2ccccc2)NCC1C. The number of hydrogen-bond donors (Lipinski definition) is 1. The molecule has 1 aromatic carbocycles. The van der Waals surface area contributed by atoms with Crippen molar-refractivity contribution in [3.05, 3.63) is 35.9 Å². The summed E-state index contributed by atoms with van der Waals surface area (Å²) in [5.41, 5.74) is 1.44. The average Bonchev–Trinajstić information content (AvgIpc) is 2.42. The van der Waals surface area contributed by atoms with E-state index in [1.165, 1.54) is 11.3 Å². The molecule has 0 amide bonds. The van der Waals surface area contributed by atoms with Gasteiger partial charge in [0.05, 0.1) is 0 Å². The maximum atomic E-state index is 3.70. The molecule has 1 N–H and O–H groups in total. The smallest absolute Gasteiger partial charge is 0.0236 e. The highest BCUT2D eigenvalue weighted by Gasteiger charge is 2.27. The highest BCUT2D eigenvalue weighted by Crippen LogP contribution is 2.16. The summed E-state index contributed by atoms with van der Waals surface area (Å²) in [6, 6.07) is 12.7. The minimum Gasteiger partial charge on any atom is -0.311 e. The molecule has 3 heteroatoms. The Morgan fingerprint density at radius 2 is 2.11 bits per heavy atom. The van der Waals surface area contributed by atoms with Gasteiger partial charge in [0.25, 0.3) is 0 Å². The zero-order valence-corrected chi connectivity index (χ0v) is 13.1. The summed E-state index contributed by atoms with van der Waals surface area (Å²) in [7, 11) is 0. The molecule has 0 bridgehead atoms. The topological polar surface area (TPSA) is 15.3 Å². The molecule has 1 fully saturated rings. The minimum atomic E-state index is 0.586. The Kier molecular flexibility index (Phi) is 5.74. The highest BCUT2D eigenvalue weighted by molar-refractivity contribution is 7.98. The molecule has 3 unspecified atom stereocenters. The number of nitrogens with zero attached hydrogens (tertiary/aromatic N) is 1. The van der Waals surface area contributed by atoms with Crippen molar-refractivity contribution in [2.75, 3.05) is 25.1 Å². The van der Waals surface area contributed by atoms with Crippen molar-refractivity contribution in [1.29, 1.82) is 0 Å². The fourth-order valence-corrected chi connectivity index (χ4v) is 3.61. The number of benzene rings is 1. The summed E-state index contributed by atoms with van der Waals surface area (Å²) in [5, 5.41) is 3.70. The molecule has 0 radical (unpaired) electrons. The van der Waals surface area contributed by atoms with E-state index in [4.69, 9.17) is 0 Å². The van der Waals surface area contributed by atoms with Gasteiger partial charge in [0.2, 0.25) is 0 Å². The van der Waals surface area contributed by atoms with Crippen LogP contribution in [-0.2, 0) is 6.42 Å². The van der Waals surface area contributed by atoms with Crippen LogP contribution in [0.3, 0.4) is 0 Å². The Morgan fingerprint density at radius 3 is 2.79 bits per heavy atom. The fraction of sp³-hybridized carbons (Fsp3) is 0.625. The van der Waals surface area contributed by atoms with Crippen LogP contribution >= 0.6 is 11.8 Å². The van der Waals surface area contributed by atoms with E-state index < -0.39 is 0 Å². The average molecular weight is 278 g/mol. The standard InChI is InChI=1S/C16H26N2S/c1-13-10-17-16(9-15-7-5-4-6-8-15)11-18(13)14(2)12-19-3/h4-8,13-14,16-17H,9-12H2,1-3H3. The third-order valence-corrected chi connectivity index (χ3v) is 4.81. The zero-order chi connectivity index (χ0) is 13.7. The quantitative estimate of drug-likeness (QED) is 0.891. The highest BCUT2D eigenvalue weighted by atomic mass is 32.2. The summed E-state index contributed by atoms with van der Waals surface area (Å²) >= 11 is 1.95. The second-order valence-electron chi connectivity index (χ2n) is 5.65. The van der Waals surface area contributed by atoms with Crippen molar-refractivity contribution in [1.82, 2.24) is 10.2 Å². The normalized spacial score (nSPS) is 26.3. The first-order chi connectivity index (χ1) is 9.20. The molecule has 3 atom stereocenters. The molecular weight excluding hydrogens is 252 g/mol. The second kappa shape index (κ2) is 7.32. The van der Waals surface area contributed by atoms with E-state index in [9.17, 15) is 0 Å². The van der Waals surface area contributed by atoms with Crippen molar-refractivity contribution in [3.63, 3.8) is 0 Å². The van der Waals surface area contributed by atoms with Gasteiger partial charge in [-0.25, -0.2) is 0 Å². The monoisotopic (exact) mass is 278 g/mol. The van der Waals surface area contributed by atoms with Gasteiger partial charge in [-0.3, -0.25) is 4.90 Å². The van der Waals surface area contributed by atoms with Gasteiger partial charge in [-0.05, 0) is 32.1 Å². The van der Waals surface area contributed by atoms with Crippen molar-refractivity contribution in [2.24, 2.45) is 0 Å². The number of thioether (sulfide) groups is 1. The van der Waals surface area contributed by atoms with E-state index in [1.807, 2.05) is 11.8 Å². The lowest BCUT2D eigenvalue weighted by Crippen LogP contribution is -2.59. The molecule has 2 nitrogen and oxygen atoms in total. The van der Waals surface area contributed by atoms with Gasteiger partial charge < -0.3 is 5.32 Å². The molecule has 0 aliphatic carbocycles. The first-order valence-corrected chi connectivity index (χ1v) is 8.62. The van der Waals surface area contributed by atoms with Crippen LogP contribution in [0.15, 0.2) is 30.3 Å². The van der Waals surface area contributed by atoms with Crippen LogP contribution in [-0.4, -0.2) is 48.1 Å². The van der Waals surface area contributed by atoms with Crippen LogP contribution in [0.1, 0.15) is 19.4 Å². The molecule has 0 spiro atoms. The van der Waals surface area contributed by atoms with Crippen LogP contribution in [0.25, 0.3) is 0 Å². The van der Waals surface area contributed by atoms with E-state index >= 15 is 0 Å². The third-order valence-electron chi connectivity index (χ3n) is 4.00. The summed E-state index contributed by atoms with van der Waals surface area (Å²) < 4.78 is 0. The lowest BCUT2D eigenvalue weighted by Gasteiger charge is -2.42. The first kappa shape index (κ1) is 14.9. The predicted molar refractivity (Wildman–Crippen MR) is 85.9 cm³/mol. The Labute approximate surface area is 122 Å². The molecule has 1 heterocycles. The lowest BCUT2D eigenvalue weighted by atomic mass is 10.0. The Morgan fingerprint density at radius 1 is 1.37 bits per heavy atom. The third kappa shape index (κ3) is 4.23. The molecule has 19 heavy (non-hydrogen) atoms. The molecule has 0 aromatic heterocycles. The molecule has 0 saturated carbocycles. The van der Waals surface area contributed by atoms with E-state index in [0.717, 1.165) is 19.5 Å². The van der Waals surface area contributed by atoms with Crippen molar-refractivity contribution >= 4 is 11.8 Å². The summed E-state index contributed by atoms with van der Waals surface area (Å²) in [5.74, 6) is 1.22. The molecule has 2 rings (SSSR count). The van der Waals surface area contributed by atoms with E-state index in [1.54, 1.807) is 0 Å². The number of hydrogen-bond acceptors (Lipinski definition) is 3. The molecule has 1 aromatic rings. The summed E-state index contributed by atoms with van der Waals surface area (Å²) in [6.07, 6.45) is 3.33. The molecule has 1 saturated heterocycles. The first-order valence-electron chi connectivity index (χ1n) is 7.22. The Hall–Kier alpha value is -0.510.